The maximum Gasteiger partial charge on any atom is 0.234 e. The molecule has 1 aromatic heterocycles. The largest absolute Gasteiger partial charge is 0.343 e. The third-order valence-electron chi connectivity index (χ3n) is 4.14. The fourth-order valence-electron chi connectivity index (χ4n) is 2.75. The number of hydrogen-bond acceptors (Lipinski definition) is 5. The Hall–Kier alpha value is -1.77. The highest BCUT2D eigenvalue weighted by Gasteiger charge is 2.24. The molecule has 1 fully saturated rings. The Morgan fingerprint density at radius 3 is 2.48 bits per heavy atom. The highest BCUT2D eigenvalue weighted by atomic mass is 32.2. The van der Waals surface area contributed by atoms with E-state index in [-0.39, 0.29) is 35.8 Å². The average molecular weight is 382 g/mol. The van der Waals surface area contributed by atoms with E-state index in [1.807, 2.05) is 22.4 Å². The molecule has 5 nitrogen and oxygen atoms in total. The lowest BCUT2D eigenvalue weighted by Crippen LogP contribution is -2.46. The lowest BCUT2D eigenvalue weighted by Gasteiger charge is -2.27. The molecule has 2 aromatic rings. The predicted octanol–water partition coefficient (Wildman–Crippen LogP) is 1.82. The molecule has 0 saturated carbocycles. The Kier molecular flexibility index (Phi) is 5.51. The zero-order valence-corrected chi connectivity index (χ0v) is 15.2. The molecule has 3 rings (SSSR count). The third-order valence-corrected chi connectivity index (χ3v) is 6.69. The zero-order chi connectivity index (χ0) is 17.9. The van der Waals surface area contributed by atoms with Crippen LogP contribution in [0.3, 0.4) is 0 Å². The average Bonchev–Trinajstić information content (AvgIpc) is 3.10. The molecule has 0 spiro atoms. The second-order valence-electron chi connectivity index (χ2n) is 6.00. The first-order valence-electron chi connectivity index (χ1n) is 7.94. The molecule has 1 unspecified atom stereocenters. The summed E-state index contributed by atoms with van der Waals surface area (Å²) in [6.07, 6.45) is 0. The summed E-state index contributed by atoms with van der Waals surface area (Å²) in [6, 6.07) is 9.54. The second-order valence-corrected chi connectivity index (χ2v) is 9.28. The maximum atomic E-state index is 13.2. The van der Waals surface area contributed by atoms with Crippen molar-refractivity contribution in [1.82, 2.24) is 10.2 Å². The molecule has 8 heteroatoms. The van der Waals surface area contributed by atoms with Crippen LogP contribution in [0.2, 0.25) is 0 Å². The van der Waals surface area contributed by atoms with Crippen LogP contribution in [0.5, 0.6) is 0 Å². The summed E-state index contributed by atoms with van der Waals surface area (Å²) in [4.78, 5) is 15.2. The summed E-state index contributed by atoms with van der Waals surface area (Å²) in [5, 5.41) is 4.91. The van der Waals surface area contributed by atoms with Crippen LogP contribution in [0, 0.1) is 5.82 Å². The minimum Gasteiger partial charge on any atom is -0.343 e. The van der Waals surface area contributed by atoms with E-state index >= 15 is 0 Å². The number of nitrogens with zero attached hydrogens (tertiary/aromatic N) is 1. The number of rotatable bonds is 5. The van der Waals surface area contributed by atoms with Gasteiger partial charge in [-0.1, -0.05) is 18.2 Å². The molecular weight excluding hydrogens is 363 g/mol. The minimum absolute atomic E-state index is 0.0899. The first kappa shape index (κ1) is 18.0. The summed E-state index contributed by atoms with van der Waals surface area (Å²) < 4.78 is 36.1. The van der Waals surface area contributed by atoms with Crippen LogP contribution >= 0.6 is 11.3 Å². The van der Waals surface area contributed by atoms with Gasteiger partial charge in [0.05, 0.1) is 24.1 Å². The van der Waals surface area contributed by atoms with Gasteiger partial charge in [-0.25, -0.2) is 12.8 Å². The van der Waals surface area contributed by atoms with Gasteiger partial charge in [0.25, 0.3) is 0 Å². The second kappa shape index (κ2) is 7.63. The Bertz CT molecular complexity index is 806. The number of carbonyl (C=O) groups excluding carboxylic acids is 1. The highest BCUT2D eigenvalue weighted by Crippen LogP contribution is 2.26. The van der Waals surface area contributed by atoms with E-state index in [0.29, 0.717) is 13.1 Å². The van der Waals surface area contributed by atoms with E-state index in [2.05, 4.69) is 5.32 Å². The quantitative estimate of drug-likeness (QED) is 0.857. The van der Waals surface area contributed by atoms with Crippen molar-refractivity contribution in [3.63, 3.8) is 0 Å². The van der Waals surface area contributed by atoms with Gasteiger partial charge in [0.1, 0.15) is 5.82 Å². The van der Waals surface area contributed by atoms with Crippen molar-refractivity contribution >= 4 is 27.1 Å². The van der Waals surface area contributed by atoms with Crippen LogP contribution in [-0.4, -0.2) is 50.4 Å². The summed E-state index contributed by atoms with van der Waals surface area (Å²) in [7, 11) is -2.96. The molecule has 25 heavy (non-hydrogen) atoms. The van der Waals surface area contributed by atoms with E-state index in [4.69, 9.17) is 0 Å². The van der Waals surface area contributed by atoms with Crippen molar-refractivity contribution in [2.24, 2.45) is 0 Å². The van der Waals surface area contributed by atoms with E-state index in [9.17, 15) is 17.6 Å². The first-order chi connectivity index (χ1) is 11.9. The Balaban J connectivity index is 1.68. The standard InChI is InChI=1S/C17H19FN2O3S2/c18-14-5-3-13(4-6-14)17(15-2-1-9-24-15)19-16(21)12-20-7-10-25(22,23)11-8-20/h1-6,9,17H,7-8,10-12H2,(H,19,21). The lowest BCUT2D eigenvalue weighted by atomic mass is 10.1. The Morgan fingerprint density at radius 1 is 1.20 bits per heavy atom. The Labute approximate surface area is 150 Å². The molecule has 0 bridgehead atoms. The lowest BCUT2D eigenvalue weighted by molar-refractivity contribution is -0.122. The normalized spacial score (nSPS) is 18.6. The smallest absolute Gasteiger partial charge is 0.234 e. The van der Waals surface area contributed by atoms with Crippen LogP contribution in [-0.2, 0) is 14.6 Å². The van der Waals surface area contributed by atoms with Gasteiger partial charge in [0.2, 0.25) is 5.91 Å². The van der Waals surface area contributed by atoms with Gasteiger partial charge in [-0.15, -0.1) is 11.3 Å². The van der Waals surface area contributed by atoms with Crippen LogP contribution < -0.4 is 5.32 Å². The maximum absolute atomic E-state index is 13.2. The van der Waals surface area contributed by atoms with Gasteiger partial charge in [0, 0.05) is 18.0 Å². The molecule has 1 saturated heterocycles. The van der Waals surface area contributed by atoms with Crippen molar-refractivity contribution in [1.29, 1.82) is 0 Å². The number of thiophene rings is 1. The number of halogens is 1. The van der Waals surface area contributed by atoms with Gasteiger partial charge >= 0.3 is 0 Å². The van der Waals surface area contributed by atoms with E-state index in [1.54, 1.807) is 12.1 Å². The van der Waals surface area contributed by atoms with Crippen LogP contribution in [0.4, 0.5) is 4.39 Å². The number of benzene rings is 1. The van der Waals surface area contributed by atoms with Crippen LogP contribution in [0.1, 0.15) is 16.5 Å². The minimum atomic E-state index is -2.96. The van der Waals surface area contributed by atoms with Crippen LogP contribution in [0.15, 0.2) is 41.8 Å². The monoisotopic (exact) mass is 382 g/mol. The summed E-state index contributed by atoms with van der Waals surface area (Å²) >= 11 is 1.52. The molecule has 0 aliphatic carbocycles. The molecule has 1 aliphatic rings. The summed E-state index contributed by atoms with van der Waals surface area (Å²) in [5.41, 5.74) is 0.804. The van der Waals surface area contributed by atoms with E-state index in [0.717, 1.165) is 10.4 Å². The first-order valence-corrected chi connectivity index (χ1v) is 10.6. The molecule has 1 amide bonds. The number of hydrogen-bond donors (Lipinski definition) is 1. The third kappa shape index (κ3) is 4.87. The topological polar surface area (TPSA) is 66.5 Å². The van der Waals surface area contributed by atoms with Gasteiger partial charge < -0.3 is 5.32 Å². The molecular formula is C17H19FN2O3S2. The number of nitrogens with one attached hydrogen (secondary N) is 1. The van der Waals surface area contributed by atoms with Crippen molar-refractivity contribution in [2.75, 3.05) is 31.1 Å². The predicted molar refractivity (Wildman–Crippen MR) is 95.8 cm³/mol. The number of amides is 1. The van der Waals surface area contributed by atoms with Crippen LogP contribution in [0.25, 0.3) is 0 Å². The van der Waals surface area contributed by atoms with Gasteiger partial charge in [-0.05, 0) is 29.1 Å². The number of carbonyl (C=O) groups is 1. The van der Waals surface area contributed by atoms with Crippen molar-refractivity contribution < 1.29 is 17.6 Å². The molecule has 1 N–H and O–H groups in total. The summed E-state index contributed by atoms with van der Waals surface area (Å²) in [5.74, 6) is -0.323. The fourth-order valence-corrected chi connectivity index (χ4v) is 4.83. The van der Waals surface area contributed by atoms with E-state index in [1.165, 1.54) is 23.5 Å². The molecule has 1 aromatic carbocycles. The molecule has 1 aliphatic heterocycles. The van der Waals surface area contributed by atoms with Crippen molar-refractivity contribution in [2.45, 2.75) is 6.04 Å². The molecule has 0 radical (unpaired) electrons. The SMILES string of the molecule is O=C(CN1CCS(=O)(=O)CC1)NC(c1ccc(F)cc1)c1cccs1. The van der Waals surface area contributed by atoms with Crippen molar-refractivity contribution in [3.8, 4) is 0 Å². The zero-order valence-electron chi connectivity index (χ0n) is 13.5. The van der Waals surface area contributed by atoms with E-state index < -0.39 is 9.84 Å². The van der Waals surface area contributed by atoms with Gasteiger partial charge in [-0.3, -0.25) is 9.69 Å². The number of sulfone groups is 1. The Morgan fingerprint density at radius 2 is 1.88 bits per heavy atom. The fraction of sp³-hybridized carbons (Fsp3) is 0.353. The van der Waals surface area contributed by atoms with Crippen molar-refractivity contribution in [3.05, 3.63) is 58.0 Å². The highest BCUT2D eigenvalue weighted by molar-refractivity contribution is 7.91. The molecule has 134 valence electrons. The molecule has 1 atom stereocenters. The van der Waals surface area contributed by atoms with Gasteiger partial charge in [-0.2, -0.15) is 0 Å². The summed E-state index contributed by atoms with van der Waals surface area (Å²) in [6.45, 7) is 0.893. The molecule has 2 heterocycles. The van der Waals surface area contributed by atoms with Gasteiger partial charge in [0.15, 0.2) is 9.84 Å².